The monoisotopic (exact) mass is 315 g/mol. The average molecular weight is 316 g/mol. The van der Waals surface area contributed by atoms with Crippen molar-refractivity contribution in [2.24, 2.45) is 0 Å². The van der Waals surface area contributed by atoms with Gasteiger partial charge in [-0.25, -0.2) is 0 Å². The van der Waals surface area contributed by atoms with Gasteiger partial charge in [0.1, 0.15) is 12.7 Å². The van der Waals surface area contributed by atoms with E-state index in [1.54, 1.807) is 0 Å². The van der Waals surface area contributed by atoms with E-state index in [1.165, 1.54) is 10.9 Å². The first-order valence-electron chi connectivity index (χ1n) is 5.89. The van der Waals surface area contributed by atoms with E-state index in [9.17, 15) is 18.3 Å². The maximum atomic E-state index is 12.0. The molecule has 1 aromatic heterocycles. The smallest absolute Gasteiger partial charge is 0.384 e. The van der Waals surface area contributed by atoms with Crippen LogP contribution >= 0.6 is 11.6 Å². The second-order valence-corrected chi connectivity index (χ2v) is 4.96. The third-order valence-electron chi connectivity index (χ3n) is 2.45. The van der Waals surface area contributed by atoms with Crippen molar-refractivity contribution in [1.29, 1.82) is 0 Å². The number of aliphatic hydroxyl groups excluding tert-OH is 1. The van der Waals surface area contributed by atoms with Gasteiger partial charge in [-0.15, -0.1) is 0 Å². The normalized spacial score (nSPS) is 14.0. The van der Waals surface area contributed by atoms with E-state index in [1.807, 2.05) is 19.0 Å². The Balaban J connectivity index is 2.62. The molecule has 116 valence electrons. The zero-order valence-electron chi connectivity index (χ0n) is 11.2. The molecule has 0 radical (unpaired) electrons. The predicted octanol–water partition coefficient (Wildman–Crippen LogP) is 1.71. The lowest BCUT2D eigenvalue weighted by atomic mass is 10.2. The van der Waals surface area contributed by atoms with Crippen molar-refractivity contribution in [3.05, 3.63) is 16.9 Å². The second kappa shape index (κ2) is 7.26. The van der Waals surface area contributed by atoms with E-state index in [0.29, 0.717) is 13.1 Å². The maximum Gasteiger partial charge on any atom is 0.411 e. The summed E-state index contributed by atoms with van der Waals surface area (Å²) >= 11 is 5.89. The minimum Gasteiger partial charge on any atom is -0.384 e. The van der Waals surface area contributed by atoms with Gasteiger partial charge in [-0.3, -0.25) is 4.68 Å². The van der Waals surface area contributed by atoms with Crippen molar-refractivity contribution in [1.82, 2.24) is 14.7 Å². The van der Waals surface area contributed by atoms with Crippen molar-refractivity contribution in [3.63, 3.8) is 0 Å². The molecule has 5 nitrogen and oxygen atoms in total. The molecule has 1 unspecified atom stereocenters. The van der Waals surface area contributed by atoms with Gasteiger partial charge in [-0.1, -0.05) is 11.6 Å². The van der Waals surface area contributed by atoms with Crippen LogP contribution in [0.4, 0.5) is 13.2 Å². The maximum absolute atomic E-state index is 12.0. The molecule has 0 saturated carbocycles. The van der Waals surface area contributed by atoms with Crippen LogP contribution in [0, 0.1) is 0 Å². The first-order valence-corrected chi connectivity index (χ1v) is 6.27. The molecule has 0 bridgehead atoms. The highest BCUT2D eigenvalue weighted by atomic mass is 35.5. The van der Waals surface area contributed by atoms with Crippen LogP contribution in [-0.2, 0) is 11.3 Å². The van der Waals surface area contributed by atoms with Crippen LogP contribution in [0.5, 0.6) is 0 Å². The molecule has 1 heterocycles. The summed E-state index contributed by atoms with van der Waals surface area (Å²) in [7, 11) is 3.74. The van der Waals surface area contributed by atoms with Gasteiger partial charge >= 0.3 is 6.18 Å². The molecular formula is C11H17ClF3N3O2. The summed E-state index contributed by atoms with van der Waals surface area (Å²) in [6.45, 7) is -0.785. The highest BCUT2D eigenvalue weighted by Gasteiger charge is 2.28. The van der Waals surface area contributed by atoms with Gasteiger partial charge in [0.2, 0.25) is 0 Å². The third-order valence-corrected chi connectivity index (χ3v) is 2.74. The van der Waals surface area contributed by atoms with Gasteiger partial charge in [-0.05, 0) is 14.1 Å². The summed E-state index contributed by atoms with van der Waals surface area (Å²) in [5.74, 6) is 0. The summed E-state index contributed by atoms with van der Waals surface area (Å²) in [4.78, 5) is 1.91. The number of rotatable bonds is 7. The van der Waals surface area contributed by atoms with Crippen molar-refractivity contribution < 1.29 is 23.0 Å². The van der Waals surface area contributed by atoms with Gasteiger partial charge in [0.25, 0.3) is 0 Å². The zero-order valence-corrected chi connectivity index (χ0v) is 11.9. The molecule has 0 aromatic carbocycles. The fourth-order valence-electron chi connectivity index (χ4n) is 1.54. The number of likely N-dealkylation sites (N-methyl/N-ethyl adjacent to an activating group) is 1. The Bertz CT molecular complexity index is 424. The van der Waals surface area contributed by atoms with Gasteiger partial charge < -0.3 is 14.7 Å². The van der Waals surface area contributed by atoms with Crippen LogP contribution in [0.3, 0.4) is 0 Å². The molecule has 0 aliphatic rings. The summed E-state index contributed by atoms with van der Waals surface area (Å²) in [5.41, 5.74) is 0.260. The van der Waals surface area contributed by atoms with E-state index in [4.69, 9.17) is 11.6 Å². The number of alkyl halides is 3. The molecule has 0 aliphatic carbocycles. The first kappa shape index (κ1) is 17.2. The minimum atomic E-state index is -4.42. The Morgan fingerprint density at radius 2 is 2.15 bits per heavy atom. The van der Waals surface area contributed by atoms with Crippen molar-refractivity contribution >= 4 is 11.6 Å². The molecule has 9 heteroatoms. The highest BCUT2D eigenvalue weighted by Crippen LogP contribution is 2.24. The van der Waals surface area contributed by atoms with E-state index < -0.39 is 25.5 Å². The van der Waals surface area contributed by atoms with Crippen LogP contribution in [0.15, 0.2) is 6.20 Å². The summed E-state index contributed by atoms with van der Waals surface area (Å²) in [5, 5.41) is 14.1. The molecule has 1 rings (SSSR count). The van der Waals surface area contributed by atoms with Crippen LogP contribution in [0.2, 0.25) is 5.02 Å². The Kier molecular flexibility index (Phi) is 6.25. The van der Waals surface area contributed by atoms with E-state index in [0.717, 1.165) is 0 Å². The quantitative estimate of drug-likeness (QED) is 0.832. The number of aliphatic hydroxyl groups is 1. The lowest BCUT2D eigenvalue weighted by Crippen LogP contribution is -2.23. The van der Waals surface area contributed by atoms with Crippen LogP contribution in [-0.4, -0.2) is 59.8 Å². The lowest BCUT2D eigenvalue weighted by Gasteiger charge is -2.16. The number of nitrogens with zero attached hydrogens (tertiary/aromatic N) is 3. The molecule has 0 saturated heterocycles. The van der Waals surface area contributed by atoms with Crippen molar-refractivity contribution in [2.45, 2.75) is 18.8 Å². The predicted molar refractivity (Wildman–Crippen MR) is 67.6 cm³/mol. The van der Waals surface area contributed by atoms with Gasteiger partial charge in [0.15, 0.2) is 0 Å². The number of ether oxygens (including phenoxy) is 1. The number of hydrogen-bond donors (Lipinski definition) is 1. The minimum absolute atomic E-state index is 0.201. The SMILES string of the molecule is CN(C)CCn1ncc(Cl)c1C(O)COCC(F)(F)F. The summed E-state index contributed by atoms with van der Waals surface area (Å²) in [6, 6.07) is 0. The van der Waals surface area contributed by atoms with Crippen LogP contribution < -0.4 is 0 Å². The van der Waals surface area contributed by atoms with Crippen LogP contribution in [0.1, 0.15) is 11.8 Å². The molecule has 0 aliphatic heterocycles. The largest absolute Gasteiger partial charge is 0.411 e. The molecular weight excluding hydrogens is 299 g/mol. The Hall–Kier alpha value is -0.830. The van der Waals surface area contributed by atoms with Gasteiger partial charge in [0, 0.05) is 6.54 Å². The van der Waals surface area contributed by atoms with Crippen molar-refractivity contribution in [3.8, 4) is 0 Å². The number of aromatic nitrogens is 2. The topological polar surface area (TPSA) is 50.5 Å². The molecule has 0 amide bonds. The Labute approximate surface area is 119 Å². The van der Waals surface area contributed by atoms with E-state index in [-0.39, 0.29) is 10.7 Å². The molecule has 0 fully saturated rings. The molecule has 20 heavy (non-hydrogen) atoms. The second-order valence-electron chi connectivity index (χ2n) is 4.55. The molecule has 1 atom stereocenters. The fourth-order valence-corrected chi connectivity index (χ4v) is 1.81. The Morgan fingerprint density at radius 1 is 1.50 bits per heavy atom. The van der Waals surface area contributed by atoms with Gasteiger partial charge in [-0.2, -0.15) is 18.3 Å². The number of hydrogen-bond acceptors (Lipinski definition) is 4. The summed E-state index contributed by atoms with van der Waals surface area (Å²) in [6.07, 6.45) is -4.33. The zero-order chi connectivity index (χ0) is 15.3. The first-order chi connectivity index (χ1) is 9.20. The fraction of sp³-hybridized carbons (Fsp3) is 0.727. The van der Waals surface area contributed by atoms with E-state index >= 15 is 0 Å². The molecule has 1 aromatic rings. The van der Waals surface area contributed by atoms with Crippen molar-refractivity contribution in [2.75, 3.05) is 33.9 Å². The van der Waals surface area contributed by atoms with Gasteiger partial charge in [0.05, 0.1) is 30.1 Å². The third kappa shape index (κ3) is 5.66. The average Bonchev–Trinajstić information content (AvgIpc) is 2.66. The van der Waals surface area contributed by atoms with Crippen LogP contribution in [0.25, 0.3) is 0 Å². The number of halogens is 4. The molecule has 1 N–H and O–H groups in total. The summed E-state index contributed by atoms with van der Waals surface area (Å²) < 4.78 is 41.8. The lowest BCUT2D eigenvalue weighted by molar-refractivity contribution is -0.179. The highest BCUT2D eigenvalue weighted by molar-refractivity contribution is 6.31. The standard InChI is InChI=1S/C11H17ClF3N3O2/c1-17(2)3-4-18-10(8(12)5-16-18)9(19)6-20-7-11(13,14)15/h5,9,19H,3-4,6-7H2,1-2H3. The Morgan fingerprint density at radius 3 is 2.70 bits per heavy atom. The molecule has 0 spiro atoms. The van der Waals surface area contributed by atoms with E-state index in [2.05, 4.69) is 9.84 Å².